The maximum Gasteiger partial charge on any atom is 0.200 e. The van der Waals surface area contributed by atoms with Gasteiger partial charge in [0.15, 0.2) is 5.78 Å². The van der Waals surface area contributed by atoms with Gasteiger partial charge in [-0.3, -0.25) is 4.79 Å². The second-order valence-electron chi connectivity index (χ2n) is 5.56. The average Bonchev–Trinajstić information content (AvgIpc) is 2.70. The van der Waals surface area contributed by atoms with Crippen molar-refractivity contribution >= 4 is 29.0 Å². The number of benzene rings is 2. The van der Waals surface area contributed by atoms with E-state index in [0.29, 0.717) is 22.6 Å². The minimum Gasteiger partial charge on any atom is -0.490 e. The molecule has 140 valence electrons. The monoisotopic (exact) mass is 398 g/mol. The lowest BCUT2D eigenvalue weighted by atomic mass is 10.0. The summed E-state index contributed by atoms with van der Waals surface area (Å²) in [6.45, 7) is -0.0400. The van der Waals surface area contributed by atoms with Crippen molar-refractivity contribution in [1.82, 2.24) is 0 Å². The zero-order chi connectivity index (χ0) is 18.9. The predicted molar refractivity (Wildman–Crippen MR) is 101 cm³/mol. The molecule has 2 rings (SSSR count). The fourth-order valence-electron chi connectivity index (χ4n) is 2.17. The molecular formula is C19H20Cl2O5. The lowest BCUT2D eigenvalue weighted by Gasteiger charge is -2.15. The van der Waals surface area contributed by atoms with E-state index in [2.05, 4.69) is 0 Å². The number of alkyl halides is 2. The Bertz CT molecular complexity index is 663. The maximum absolute atomic E-state index is 13.0. The van der Waals surface area contributed by atoms with Gasteiger partial charge in [0.2, 0.25) is 0 Å². The third-order valence-electron chi connectivity index (χ3n) is 3.48. The molecule has 0 aliphatic rings. The average molecular weight is 399 g/mol. The van der Waals surface area contributed by atoms with E-state index in [1.54, 1.807) is 48.5 Å². The Labute approximate surface area is 162 Å². The molecule has 0 aliphatic heterocycles. The molecular weight excluding hydrogens is 379 g/mol. The van der Waals surface area contributed by atoms with Crippen molar-refractivity contribution in [2.75, 3.05) is 25.0 Å². The van der Waals surface area contributed by atoms with Crippen molar-refractivity contribution in [3.05, 3.63) is 59.7 Å². The number of aliphatic hydroxyl groups excluding tert-OH is 2. The highest BCUT2D eigenvalue weighted by atomic mass is 35.5. The predicted octanol–water partition coefficient (Wildman–Crippen LogP) is 2.87. The van der Waals surface area contributed by atoms with Gasteiger partial charge in [-0.1, -0.05) is 24.3 Å². The van der Waals surface area contributed by atoms with E-state index in [1.165, 1.54) is 0 Å². The van der Waals surface area contributed by atoms with Crippen molar-refractivity contribution in [2.45, 2.75) is 12.2 Å². The molecule has 2 N–H and O–H groups in total. The molecule has 0 fully saturated rings. The molecule has 0 radical (unpaired) electrons. The minimum absolute atomic E-state index is 0.0200. The first kappa shape index (κ1) is 20.5. The number of carbonyl (C=O) groups is 1. The quantitative estimate of drug-likeness (QED) is 0.475. The molecule has 0 heterocycles. The molecule has 2 aromatic carbocycles. The van der Waals surface area contributed by atoms with Gasteiger partial charge in [-0.2, -0.15) is 0 Å². The van der Waals surface area contributed by atoms with E-state index in [0.717, 1.165) is 0 Å². The number of ketones is 1. The summed E-state index contributed by atoms with van der Waals surface area (Å²) in [4.78, 5) is 13.0. The van der Waals surface area contributed by atoms with Crippen LogP contribution >= 0.6 is 23.2 Å². The van der Waals surface area contributed by atoms with Gasteiger partial charge in [-0.25, -0.2) is 0 Å². The first-order valence-corrected chi connectivity index (χ1v) is 9.10. The summed E-state index contributed by atoms with van der Waals surface area (Å²) in [6.07, 6.45) is -1.65. The molecule has 0 saturated heterocycles. The molecule has 2 atom stereocenters. The zero-order valence-electron chi connectivity index (χ0n) is 14.0. The Balaban J connectivity index is 2.24. The maximum atomic E-state index is 13.0. The van der Waals surface area contributed by atoms with Gasteiger partial charge in [0, 0.05) is 0 Å². The second kappa shape index (κ2) is 10.4. The van der Waals surface area contributed by atoms with E-state index >= 15 is 0 Å². The van der Waals surface area contributed by atoms with Crippen LogP contribution in [-0.4, -0.2) is 53.2 Å². The van der Waals surface area contributed by atoms with E-state index in [-0.39, 0.29) is 30.8 Å². The van der Waals surface area contributed by atoms with Crippen molar-refractivity contribution in [1.29, 1.82) is 0 Å². The molecule has 0 spiro atoms. The van der Waals surface area contributed by atoms with Crippen LogP contribution in [0.15, 0.2) is 48.5 Å². The minimum atomic E-state index is -0.826. The Hall–Kier alpha value is -1.79. The molecule has 0 amide bonds. The van der Waals surface area contributed by atoms with Crippen LogP contribution in [0.4, 0.5) is 0 Å². The molecule has 5 nitrogen and oxygen atoms in total. The Kier molecular flexibility index (Phi) is 8.19. The lowest BCUT2D eigenvalue weighted by molar-refractivity contribution is 0.100. The summed E-state index contributed by atoms with van der Waals surface area (Å²) in [5, 5.41) is 19.1. The van der Waals surface area contributed by atoms with Crippen molar-refractivity contribution in [3.8, 4) is 11.5 Å². The second-order valence-corrected chi connectivity index (χ2v) is 6.18. The fourth-order valence-corrected chi connectivity index (χ4v) is 2.34. The van der Waals surface area contributed by atoms with Crippen molar-refractivity contribution in [2.24, 2.45) is 0 Å². The Morgan fingerprint density at radius 1 is 0.808 bits per heavy atom. The first-order valence-electron chi connectivity index (χ1n) is 8.03. The molecule has 2 aromatic rings. The van der Waals surface area contributed by atoms with E-state index in [1.807, 2.05) is 0 Å². The number of halogens is 2. The number of rotatable bonds is 10. The molecule has 2 unspecified atom stereocenters. The molecule has 26 heavy (non-hydrogen) atoms. The summed E-state index contributed by atoms with van der Waals surface area (Å²) in [6, 6.07) is 13.5. The Morgan fingerprint density at radius 2 is 1.19 bits per heavy atom. The molecule has 0 aliphatic carbocycles. The molecule has 0 bridgehead atoms. The van der Waals surface area contributed by atoms with Gasteiger partial charge in [0.25, 0.3) is 0 Å². The van der Waals surface area contributed by atoms with E-state index in [9.17, 15) is 15.0 Å². The lowest BCUT2D eigenvalue weighted by Crippen LogP contribution is -2.20. The highest BCUT2D eigenvalue weighted by molar-refractivity contribution is 6.18. The largest absolute Gasteiger partial charge is 0.490 e. The van der Waals surface area contributed by atoms with Crippen LogP contribution in [-0.2, 0) is 0 Å². The van der Waals surface area contributed by atoms with Crippen LogP contribution in [0.3, 0.4) is 0 Å². The van der Waals surface area contributed by atoms with Gasteiger partial charge in [0.1, 0.15) is 36.9 Å². The van der Waals surface area contributed by atoms with Gasteiger partial charge in [-0.15, -0.1) is 23.2 Å². The number of carbonyl (C=O) groups excluding carboxylic acids is 1. The fraction of sp³-hybridized carbons (Fsp3) is 0.316. The standard InChI is InChI=1S/C19H20Cl2O5/c20-9-13(22)11-25-17-7-3-1-5-15(17)19(24)16-6-2-4-8-18(16)26-12-14(23)10-21/h1-8,13-14,22-23H,9-12H2. The van der Waals surface area contributed by atoms with Crippen LogP contribution in [0.1, 0.15) is 15.9 Å². The zero-order valence-corrected chi connectivity index (χ0v) is 15.5. The van der Waals surface area contributed by atoms with E-state index in [4.69, 9.17) is 32.7 Å². The number of para-hydroxylation sites is 2. The SMILES string of the molecule is O=C(c1ccccc1OCC(O)CCl)c1ccccc1OCC(O)CCl. The van der Waals surface area contributed by atoms with Gasteiger partial charge >= 0.3 is 0 Å². The highest BCUT2D eigenvalue weighted by Crippen LogP contribution is 2.27. The van der Waals surface area contributed by atoms with Crippen LogP contribution in [0.25, 0.3) is 0 Å². The molecule has 0 aromatic heterocycles. The number of hydrogen-bond donors (Lipinski definition) is 2. The molecule has 0 saturated carbocycles. The molecule has 7 heteroatoms. The summed E-state index contributed by atoms with van der Waals surface area (Å²) in [5.41, 5.74) is 0.673. The van der Waals surface area contributed by atoms with E-state index < -0.39 is 12.2 Å². The van der Waals surface area contributed by atoms with Crippen LogP contribution < -0.4 is 9.47 Å². The van der Waals surface area contributed by atoms with Crippen LogP contribution in [0.2, 0.25) is 0 Å². The Morgan fingerprint density at radius 3 is 1.58 bits per heavy atom. The van der Waals surface area contributed by atoms with Gasteiger partial charge in [0.05, 0.1) is 22.9 Å². The first-order chi connectivity index (χ1) is 12.6. The van der Waals surface area contributed by atoms with Crippen molar-refractivity contribution < 1.29 is 24.5 Å². The third kappa shape index (κ3) is 5.61. The van der Waals surface area contributed by atoms with Gasteiger partial charge in [-0.05, 0) is 24.3 Å². The summed E-state index contributed by atoms with van der Waals surface area (Å²) >= 11 is 11.1. The number of ether oxygens (including phenoxy) is 2. The smallest absolute Gasteiger partial charge is 0.200 e. The number of aliphatic hydroxyl groups is 2. The highest BCUT2D eigenvalue weighted by Gasteiger charge is 2.19. The topological polar surface area (TPSA) is 76.0 Å². The summed E-state index contributed by atoms with van der Waals surface area (Å²) < 4.78 is 11.1. The van der Waals surface area contributed by atoms with Gasteiger partial charge < -0.3 is 19.7 Å². The normalized spacial score (nSPS) is 13.1. The van der Waals surface area contributed by atoms with Crippen LogP contribution in [0, 0.1) is 0 Å². The van der Waals surface area contributed by atoms with Crippen LogP contribution in [0.5, 0.6) is 11.5 Å². The number of hydrogen-bond acceptors (Lipinski definition) is 5. The van der Waals surface area contributed by atoms with Crippen molar-refractivity contribution in [3.63, 3.8) is 0 Å². The summed E-state index contributed by atoms with van der Waals surface area (Å²) in [5.74, 6) is 0.470. The summed E-state index contributed by atoms with van der Waals surface area (Å²) in [7, 11) is 0. The third-order valence-corrected chi connectivity index (χ3v) is 4.19.